The summed E-state index contributed by atoms with van der Waals surface area (Å²) in [6.07, 6.45) is 0. The van der Waals surface area contributed by atoms with E-state index >= 15 is 0 Å². The Morgan fingerprint density at radius 2 is 1.88 bits per heavy atom. The van der Waals surface area contributed by atoms with Gasteiger partial charge in [-0.1, -0.05) is 49.9 Å². The average Bonchev–Trinajstić information content (AvgIpc) is 2.57. The first-order valence-electron chi connectivity index (χ1n) is 4.78. The van der Waals surface area contributed by atoms with E-state index in [1.807, 2.05) is 26.0 Å². The number of aryl methyl sites for hydroxylation is 2. The Bertz CT molecular complexity index is 631. The summed E-state index contributed by atoms with van der Waals surface area (Å²) in [6.45, 7) is 3.80. The molecule has 17 heavy (non-hydrogen) atoms. The molecule has 0 saturated carbocycles. The highest BCUT2D eigenvalue weighted by molar-refractivity contribution is 7.69. The SMILES string of the molecule is Cc1cc(C)c(O)c(N=c2ssc(Cl)c2Cl)c1. The lowest BCUT2D eigenvalue weighted by Gasteiger charge is -2.03. The minimum Gasteiger partial charge on any atom is -0.505 e. The summed E-state index contributed by atoms with van der Waals surface area (Å²) in [5, 5.41) is 10.4. The van der Waals surface area contributed by atoms with Crippen molar-refractivity contribution in [1.29, 1.82) is 0 Å². The maximum atomic E-state index is 9.92. The summed E-state index contributed by atoms with van der Waals surface area (Å²) in [4.78, 5) is 4.35. The summed E-state index contributed by atoms with van der Waals surface area (Å²) in [5.74, 6) is 0.182. The first-order chi connectivity index (χ1) is 7.99. The van der Waals surface area contributed by atoms with Gasteiger partial charge in [0.1, 0.15) is 25.5 Å². The van der Waals surface area contributed by atoms with Crippen molar-refractivity contribution in [3.8, 4) is 5.75 Å². The van der Waals surface area contributed by atoms with Crippen LogP contribution >= 0.6 is 43.9 Å². The molecule has 2 aromatic rings. The Hall–Kier alpha value is -0.550. The number of aromatic hydroxyl groups is 1. The Morgan fingerprint density at radius 3 is 2.47 bits per heavy atom. The largest absolute Gasteiger partial charge is 0.505 e. The summed E-state index contributed by atoms with van der Waals surface area (Å²) in [6, 6.07) is 3.72. The van der Waals surface area contributed by atoms with Crippen LogP contribution in [0.1, 0.15) is 11.1 Å². The van der Waals surface area contributed by atoms with Gasteiger partial charge in [0.05, 0.1) is 0 Å². The van der Waals surface area contributed by atoms with Crippen molar-refractivity contribution in [2.24, 2.45) is 4.99 Å². The Labute approximate surface area is 116 Å². The lowest BCUT2D eigenvalue weighted by molar-refractivity contribution is 0.472. The molecule has 90 valence electrons. The normalized spacial score (nSPS) is 12.1. The molecule has 0 aliphatic carbocycles. The molecule has 2 nitrogen and oxygen atoms in total. The van der Waals surface area contributed by atoms with Crippen LogP contribution < -0.4 is 4.67 Å². The van der Waals surface area contributed by atoms with E-state index < -0.39 is 0 Å². The van der Waals surface area contributed by atoms with Gasteiger partial charge in [0.25, 0.3) is 0 Å². The highest BCUT2D eigenvalue weighted by Gasteiger charge is 2.07. The minimum absolute atomic E-state index is 0.182. The Balaban J connectivity index is 2.64. The van der Waals surface area contributed by atoms with Crippen LogP contribution in [0.2, 0.25) is 9.36 Å². The Kier molecular flexibility index (Phi) is 3.78. The van der Waals surface area contributed by atoms with Crippen molar-refractivity contribution in [3.63, 3.8) is 0 Å². The summed E-state index contributed by atoms with van der Waals surface area (Å²) < 4.78 is 1.15. The second-order valence-corrected chi connectivity index (χ2v) is 6.73. The van der Waals surface area contributed by atoms with Crippen molar-refractivity contribution >= 4 is 49.6 Å². The fraction of sp³-hybridized carbons (Fsp3) is 0.182. The van der Waals surface area contributed by atoms with E-state index in [2.05, 4.69) is 4.99 Å². The molecule has 6 heteroatoms. The molecule has 0 unspecified atom stereocenters. The van der Waals surface area contributed by atoms with Crippen LogP contribution in [0.3, 0.4) is 0 Å². The zero-order chi connectivity index (χ0) is 12.6. The minimum atomic E-state index is 0.182. The molecule has 0 spiro atoms. The number of nitrogens with zero attached hydrogens (tertiary/aromatic N) is 1. The highest BCUT2D eigenvalue weighted by Crippen LogP contribution is 2.32. The fourth-order valence-corrected chi connectivity index (χ4v) is 4.18. The van der Waals surface area contributed by atoms with Gasteiger partial charge in [-0.2, -0.15) is 0 Å². The third kappa shape index (κ3) is 2.65. The van der Waals surface area contributed by atoms with E-state index in [0.717, 1.165) is 11.1 Å². The Morgan fingerprint density at radius 1 is 1.18 bits per heavy atom. The van der Waals surface area contributed by atoms with Gasteiger partial charge in [0.2, 0.25) is 0 Å². The van der Waals surface area contributed by atoms with Gasteiger partial charge in [-0.15, -0.1) is 0 Å². The molecule has 1 aromatic carbocycles. The lowest BCUT2D eigenvalue weighted by atomic mass is 10.1. The molecule has 0 bridgehead atoms. The van der Waals surface area contributed by atoms with Crippen LogP contribution in [-0.4, -0.2) is 5.11 Å². The monoisotopic (exact) mass is 305 g/mol. The van der Waals surface area contributed by atoms with E-state index in [0.29, 0.717) is 19.7 Å². The number of phenols is 1. The van der Waals surface area contributed by atoms with Gasteiger partial charge in [-0.25, -0.2) is 4.99 Å². The maximum Gasteiger partial charge on any atom is 0.147 e. The van der Waals surface area contributed by atoms with E-state index in [1.54, 1.807) is 0 Å². The predicted octanol–water partition coefficient (Wildman–Crippen LogP) is 4.67. The zero-order valence-electron chi connectivity index (χ0n) is 9.12. The van der Waals surface area contributed by atoms with Crippen molar-refractivity contribution in [1.82, 2.24) is 0 Å². The van der Waals surface area contributed by atoms with E-state index in [1.165, 1.54) is 20.7 Å². The summed E-state index contributed by atoms with van der Waals surface area (Å²) >= 11 is 11.9. The molecule has 2 rings (SSSR count). The van der Waals surface area contributed by atoms with Crippen molar-refractivity contribution in [2.45, 2.75) is 13.8 Å². The first-order valence-corrected chi connectivity index (χ1v) is 7.68. The smallest absolute Gasteiger partial charge is 0.147 e. The molecule has 1 heterocycles. The van der Waals surface area contributed by atoms with Crippen LogP contribution in [-0.2, 0) is 0 Å². The van der Waals surface area contributed by atoms with Crippen LogP contribution in [0, 0.1) is 13.8 Å². The number of hydrogen-bond acceptors (Lipinski definition) is 4. The maximum absolute atomic E-state index is 9.92. The number of phenolic OH excluding ortho intramolecular Hbond substituents is 1. The number of hydrogen-bond donors (Lipinski definition) is 1. The van der Waals surface area contributed by atoms with Gasteiger partial charge in [-0.05, 0) is 31.0 Å². The molecule has 0 fully saturated rings. The fourth-order valence-electron chi connectivity index (χ4n) is 1.43. The van der Waals surface area contributed by atoms with Crippen molar-refractivity contribution < 1.29 is 5.11 Å². The molecule has 0 atom stereocenters. The zero-order valence-corrected chi connectivity index (χ0v) is 12.3. The summed E-state index contributed by atoms with van der Waals surface area (Å²) in [7, 11) is 2.76. The topological polar surface area (TPSA) is 32.6 Å². The third-order valence-corrected chi connectivity index (χ3v) is 5.70. The molecule has 1 N–H and O–H groups in total. The van der Waals surface area contributed by atoms with Gasteiger partial charge >= 0.3 is 0 Å². The lowest BCUT2D eigenvalue weighted by Crippen LogP contribution is -1.92. The second kappa shape index (κ2) is 4.98. The number of halogens is 2. The van der Waals surface area contributed by atoms with Crippen molar-refractivity contribution in [3.05, 3.63) is 37.3 Å². The highest BCUT2D eigenvalue weighted by atomic mass is 35.5. The molecule has 0 aliphatic rings. The molecular formula is C11H9Cl2NOS2. The summed E-state index contributed by atoms with van der Waals surface area (Å²) in [5.41, 5.74) is 2.36. The second-order valence-electron chi connectivity index (χ2n) is 3.62. The molecule has 0 aliphatic heterocycles. The molecule has 1 aromatic heterocycles. The average molecular weight is 306 g/mol. The molecule has 0 radical (unpaired) electrons. The number of rotatable bonds is 1. The van der Waals surface area contributed by atoms with Gasteiger partial charge < -0.3 is 5.11 Å². The van der Waals surface area contributed by atoms with E-state index in [4.69, 9.17) is 23.2 Å². The molecule has 0 saturated heterocycles. The van der Waals surface area contributed by atoms with Gasteiger partial charge in [-0.3, -0.25) is 0 Å². The van der Waals surface area contributed by atoms with E-state index in [-0.39, 0.29) is 5.75 Å². The van der Waals surface area contributed by atoms with E-state index in [9.17, 15) is 5.11 Å². The predicted molar refractivity (Wildman–Crippen MR) is 75.0 cm³/mol. The standard InChI is InChI=1S/C11H9Cl2NOS2/c1-5-3-6(2)9(15)7(4-5)14-11-8(12)10(13)16-17-11/h3-4,15H,1-2H3. The van der Waals surface area contributed by atoms with Gasteiger partial charge in [0, 0.05) is 0 Å². The first kappa shape index (κ1) is 12.9. The van der Waals surface area contributed by atoms with Crippen LogP contribution in [0.4, 0.5) is 5.69 Å². The molecule has 0 amide bonds. The van der Waals surface area contributed by atoms with Crippen LogP contribution in [0.15, 0.2) is 17.1 Å². The quantitative estimate of drug-likeness (QED) is 0.763. The van der Waals surface area contributed by atoms with Crippen LogP contribution in [0.5, 0.6) is 5.75 Å². The van der Waals surface area contributed by atoms with Gasteiger partial charge in [0.15, 0.2) is 0 Å². The van der Waals surface area contributed by atoms with Crippen LogP contribution in [0.25, 0.3) is 0 Å². The number of benzene rings is 1. The third-order valence-electron chi connectivity index (χ3n) is 2.20. The van der Waals surface area contributed by atoms with Crippen molar-refractivity contribution in [2.75, 3.05) is 0 Å². The molecular weight excluding hydrogens is 297 g/mol.